The minimum absolute atomic E-state index is 0.117. The molecule has 0 bridgehead atoms. The summed E-state index contributed by atoms with van der Waals surface area (Å²) in [4.78, 5) is 14.6. The molecule has 0 spiro atoms. The van der Waals surface area contributed by atoms with E-state index in [-0.39, 0.29) is 10.6 Å². The minimum Gasteiger partial charge on any atom is -0.380 e. The van der Waals surface area contributed by atoms with Crippen LogP contribution in [-0.4, -0.2) is 24.5 Å². The van der Waals surface area contributed by atoms with Crippen molar-refractivity contribution < 1.29 is 9.66 Å². The Morgan fingerprint density at radius 1 is 1.19 bits per heavy atom. The Labute approximate surface area is 153 Å². The number of aliphatic imine (C=N–C) groups is 1. The zero-order chi connectivity index (χ0) is 18.8. The first-order valence-corrected chi connectivity index (χ1v) is 8.47. The minimum atomic E-state index is -0.390. The van der Waals surface area contributed by atoms with Crippen molar-refractivity contribution in [2.75, 3.05) is 19.0 Å². The van der Waals surface area contributed by atoms with Gasteiger partial charge in [0.2, 0.25) is 0 Å². The summed E-state index contributed by atoms with van der Waals surface area (Å²) in [5, 5.41) is 13.7. The van der Waals surface area contributed by atoms with E-state index in [2.05, 4.69) is 10.3 Å². The lowest BCUT2D eigenvalue weighted by atomic mass is 10.1. The van der Waals surface area contributed by atoms with Gasteiger partial charge in [0.15, 0.2) is 5.96 Å². The Kier molecular flexibility index (Phi) is 7.57. The van der Waals surface area contributed by atoms with E-state index in [4.69, 9.17) is 10.5 Å². The second-order valence-corrected chi connectivity index (χ2v) is 5.86. The number of benzene rings is 2. The van der Waals surface area contributed by atoms with E-state index in [0.29, 0.717) is 19.1 Å². The first-order valence-electron chi connectivity index (χ1n) is 8.47. The monoisotopic (exact) mass is 356 g/mol. The molecular weight excluding hydrogens is 332 g/mol. The lowest BCUT2D eigenvalue weighted by molar-refractivity contribution is -0.384. The molecule has 0 radical (unpaired) electrons. The summed E-state index contributed by atoms with van der Waals surface area (Å²) >= 11 is 0. The molecule has 138 valence electrons. The molecule has 26 heavy (non-hydrogen) atoms. The number of nitro groups is 1. The maximum absolute atomic E-state index is 10.6. The Morgan fingerprint density at radius 3 is 2.62 bits per heavy atom. The van der Waals surface area contributed by atoms with Gasteiger partial charge in [-0.2, -0.15) is 0 Å². The third-order valence-corrected chi connectivity index (χ3v) is 3.88. The van der Waals surface area contributed by atoms with Gasteiger partial charge < -0.3 is 15.8 Å². The van der Waals surface area contributed by atoms with Crippen molar-refractivity contribution in [1.29, 1.82) is 0 Å². The molecule has 0 aromatic heterocycles. The molecule has 0 aliphatic heterocycles. The van der Waals surface area contributed by atoms with Crippen molar-refractivity contribution in [2.24, 2.45) is 10.7 Å². The number of nitro benzene ring substituents is 1. The van der Waals surface area contributed by atoms with Crippen LogP contribution in [0.1, 0.15) is 24.0 Å². The second-order valence-electron chi connectivity index (χ2n) is 5.86. The van der Waals surface area contributed by atoms with E-state index in [1.165, 1.54) is 12.1 Å². The number of anilines is 1. The Morgan fingerprint density at radius 2 is 1.92 bits per heavy atom. The SMILES string of the molecule is COCc1ccccc1NC(N)=NCCCCc1ccc([N+](=O)[O-])cc1. The van der Waals surface area contributed by atoms with Crippen LogP contribution in [0.25, 0.3) is 0 Å². The molecule has 0 fully saturated rings. The van der Waals surface area contributed by atoms with Crippen LogP contribution in [0.4, 0.5) is 11.4 Å². The predicted molar refractivity (Wildman–Crippen MR) is 103 cm³/mol. The van der Waals surface area contributed by atoms with E-state index in [1.54, 1.807) is 19.2 Å². The molecule has 7 nitrogen and oxygen atoms in total. The zero-order valence-electron chi connectivity index (χ0n) is 14.9. The quantitative estimate of drug-likeness (QED) is 0.235. The summed E-state index contributed by atoms with van der Waals surface area (Å²) in [6.07, 6.45) is 2.69. The van der Waals surface area contributed by atoms with Crippen molar-refractivity contribution in [1.82, 2.24) is 0 Å². The largest absolute Gasteiger partial charge is 0.380 e. The average molecular weight is 356 g/mol. The molecule has 7 heteroatoms. The predicted octanol–water partition coefficient (Wildman–Crippen LogP) is 3.49. The van der Waals surface area contributed by atoms with Gasteiger partial charge in [-0.15, -0.1) is 0 Å². The van der Waals surface area contributed by atoms with Crippen LogP contribution in [0.15, 0.2) is 53.5 Å². The number of nitrogens with two attached hydrogens (primary N) is 1. The van der Waals surface area contributed by atoms with Crippen LogP contribution in [0.3, 0.4) is 0 Å². The van der Waals surface area contributed by atoms with Gasteiger partial charge in [0.1, 0.15) is 0 Å². The van der Waals surface area contributed by atoms with E-state index in [9.17, 15) is 10.1 Å². The lowest BCUT2D eigenvalue weighted by Crippen LogP contribution is -2.23. The summed E-state index contributed by atoms with van der Waals surface area (Å²) in [7, 11) is 1.65. The number of hydrogen-bond donors (Lipinski definition) is 2. The highest BCUT2D eigenvalue weighted by atomic mass is 16.6. The number of guanidine groups is 1. The zero-order valence-corrected chi connectivity index (χ0v) is 14.9. The van der Waals surface area contributed by atoms with Gasteiger partial charge in [0.05, 0.1) is 11.5 Å². The Balaban J connectivity index is 1.75. The maximum atomic E-state index is 10.6. The summed E-state index contributed by atoms with van der Waals surface area (Å²) in [6.45, 7) is 1.13. The van der Waals surface area contributed by atoms with Crippen LogP contribution < -0.4 is 11.1 Å². The van der Waals surface area contributed by atoms with Gasteiger partial charge in [0, 0.05) is 37.0 Å². The van der Waals surface area contributed by atoms with Gasteiger partial charge in [-0.1, -0.05) is 30.3 Å². The lowest BCUT2D eigenvalue weighted by Gasteiger charge is -2.10. The summed E-state index contributed by atoms with van der Waals surface area (Å²) in [5.74, 6) is 0.379. The van der Waals surface area contributed by atoms with Crippen molar-refractivity contribution in [2.45, 2.75) is 25.9 Å². The molecule has 2 aromatic rings. The fraction of sp³-hybridized carbons (Fsp3) is 0.316. The first-order chi connectivity index (χ1) is 12.6. The highest BCUT2D eigenvalue weighted by molar-refractivity contribution is 5.92. The summed E-state index contributed by atoms with van der Waals surface area (Å²) in [5.41, 5.74) is 9.05. The molecule has 0 aliphatic rings. The number of rotatable bonds is 9. The van der Waals surface area contributed by atoms with Gasteiger partial charge >= 0.3 is 0 Å². The Bertz CT molecular complexity index is 745. The summed E-state index contributed by atoms with van der Waals surface area (Å²) < 4.78 is 5.17. The fourth-order valence-corrected chi connectivity index (χ4v) is 2.53. The van der Waals surface area contributed by atoms with Crippen LogP contribution in [0.5, 0.6) is 0 Å². The number of para-hydroxylation sites is 1. The fourth-order valence-electron chi connectivity index (χ4n) is 2.53. The van der Waals surface area contributed by atoms with Crippen LogP contribution in [-0.2, 0) is 17.8 Å². The standard InChI is InChI=1S/C19H24N4O3/c1-26-14-16-7-2-3-8-18(16)22-19(20)21-13-5-4-6-15-9-11-17(12-10-15)23(24)25/h2-3,7-12H,4-6,13-14H2,1H3,(H3,20,21,22). The Hall–Kier alpha value is -2.93. The van der Waals surface area contributed by atoms with Gasteiger partial charge in [0.25, 0.3) is 5.69 Å². The third kappa shape index (κ3) is 6.18. The molecule has 2 aromatic carbocycles. The van der Waals surface area contributed by atoms with Crippen molar-refractivity contribution >= 4 is 17.3 Å². The van der Waals surface area contributed by atoms with Crippen molar-refractivity contribution in [3.8, 4) is 0 Å². The number of hydrogen-bond acceptors (Lipinski definition) is 4. The number of non-ortho nitro benzene ring substituents is 1. The van der Waals surface area contributed by atoms with Crippen LogP contribution in [0, 0.1) is 10.1 Å². The molecule has 2 rings (SSSR count). The normalized spacial score (nSPS) is 11.3. The van der Waals surface area contributed by atoms with Crippen molar-refractivity contribution in [3.05, 3.63) is 69.8 Å². The molecule has 3 N–H and O–H groups in total. The molecule has 0 saturated heterocycles. The topological polar surface area (TPSA) is 103 Å². The van der Waals surface area contributed by atoms with Gasteiger partial charge in [-0.25, -0.2) is 0 Å². The molecule has 0 saturated carbocycles. The molecular formula is C19H24N4O3. The van der Waals surface area contributed by atoms with Crippen molar-refractivity contribution in [3.63, 3.8) is 0 Å². The molecule has 0 aliphatic carbocycles. The number of methoxy groups -OCH3 is 1. The number of ether oxygens (including phenoxy) is 1. The van der Waals surface area contributed by atoms with Crippen LogP contribution in [0.2, 0.25) is 0 Å². The number of unbranched alkanes of at least 4 members (excludes halogenated alkanes) is 1. The van der Waals surface area contributed by atoms with E-state index in [1.807, 2.05) is 24.3 Å². The maximum Gasteiger partial charge on any atom is 0.269 e. The van der Waals surface area contributed by atoms with Crippen LogP contribution >= 0.6 is 0 Å². The molecule has 0 heterocycles. The van der Waals surface area contributed by atoms with E-state index < -0.39 is 0 Å². The highest BCUT2D eigenvalue weighted by Crippen LogP contribution is 2.16. The molecule has 0 atom stereocenters. The third-order valence-electron chi connectivity index (χ3n) is 3.88. The molecule has 0 unspecified atom stereocenters. The number of aryl methyl sites for hydroxylation is 1. The van der Waals surface area contributed by atoms with Gasteiger partial charge in [-0.05, 0) is 30.9 Å². The molecule has 0 amide bonds. The second kappa shape index (κ2) is 10.1. The number of nitrogens with zero attached hydrogens (tertiary/aromatic N) is 2. The summed E-state index contributed by atoms with van der Waals surface area (Å²) in [6, 6.07) is 14.5. The average Bonchev–Trinajstić information content (AvgIpc) is 2.63. The van der Waals surface area contributed by atoms with E-state index in [0.717, 1.165) is 36.1 Å². The highest BCUT2D eigenvalue weighted by Gasteiger charge is 2.04. The van der Waals surface area contributed by atoms with Gasteiger partial charge in [-0.3, -0.25) is 15.1 Å². The first kappa shape index (κ1) is 19.4. The number of nitrogens with one attached hydrogen (secondary N) is 1. The smallest absolute Gasteiger partial charge is 0.269 e. The van der Waals surface area contributed by atoms with E-state index >= 15 is 0 Å².